The van der Waals surface area contributed by atoms with E-state index in [0.29, 0.717) is 6.54 Å². The van der Waals surface area contributed by atoms with Crippen LogP contribution in [0, 0.1) is 6.92 Å². The molecule has 4 aromatic carbocycles. The maximum Gasteiger partial charge on any atom is 0.140 e. The van der Waals surface area contributed by atoms with Crippen molar-refractivity contribution in [2.45, 2.75) is 19.3 Å². The molecule has 2 heterocycles. The Morgan fingerprint density at radius 3 is 2.26 bits per heavy atom. The first kappa shape index (κ1) is 23.7. The fourth-order valence-electron chi connectivity index (χ4n) is 5.18. The van der Waals surface area contributed by atoms with Gasteiger partial charge in [-0.1, -0.05) is 103 Å². The van der Waals surface area contributed by atoms with Crippen molar-refractivity contribution in [3.8, 4) is 0 Å². The third kappa shape index (κ3) is 4.83. The second kappa shape index (κ2) is 10.8. The predicted molar refractivity (Wildman–Crippen MR) is 158 cm³/mol. The summed E-state index contributed by atoms with van der Waals surface area (Å²) < 4.78 is 6.67. The van der Waals surface area contributed by atoms with E-state index in [1.807, 2.05) is 18.3 Å². The van der Waals surface area contributed by atoms with E-state index in [1.54, 1.807) is 0 Å². The lowest BCUT2D eigenvalue weighted by molar-refractivity contribution is 0.456. The number of ether oxygens (including phenoxy) is 1. The Balaban J connectivity index is 1.40. The van der Waals surface area contributed by atoms with Crippen LogP contribution in [0.5, 0.6) is 0 Å². The molecular weight excluding hydrogens is 464 g/mol. The molecule has 0 bridgehead atoms. The molecule has 3 nitrogen and oxygen atoms in total. The minimum absolute atomic E-state index is 0.0206. The van der Waals surface area contributed by atoms with Gasteiger partial charge in [0.1, 0.15) is 11.5 Å². The van der Waals surface area contributed by atoms with Gasteiger partial charge in [0.2, 0.25) is 0 Å². The van der Waals surface area contributed by atoms with Crippen LogP contribution in [0.15, 0.2) is 132 Å². The Labute approximate surface area is 223 Å². The van der Waals surface area contributed by atoms with Crippen LogP contribution in [-0.2, 0) is 11.2 Å². The quantitative estimate of drug-likeness (QED) is 0.227. The van der Waals surface area contributed by atoms with Gasteiger partial charge < -0.3 is 9.72 Å². The second-order valence-corrected chi connectivity index (χ2v) is 9.63. The van der Waals surface area contributed by atoms with E-state index in [1.165, 1.54) is 27.6 Å². The summed E-state index contributed by atoms with van der Waals surface area (Å²) in [5, 5.41) is 1.26. The Hall–Kier alpha value is -4.63. The van der Waals surface area contributed by atoms with Crippen molar-refractivity contribution in [3.63, 3.8) is 0 Å². The monoisotopic (exact) mass is 494 g/mol. The first-order valence-corrected chi connectivity index (χ1v) is 13.1. The van der Waals surface area contributed by atoms with E-state index < -0.39 is 0 Å². The zero-order valence-corrected chi connectivity index (χ0v) is 21.5. The van der Waals surface area contributed by atoms with E-state index in [0.717, 1.165) is 34.6 Å². The summed E-state index contributed by atoms with van der Waals surface area (Å²) in [6.45, 7) is 2.87. The Kier molecular flexibility index (Phi) is 6.73. The number of aromatic nitrogens is 1. The first-order chi connectivity index (χ1) is 18.8. The first-order valence-electron chi connectivity index (χ1n) is 13.1. The predicted octanol–water partition coefficient (Wildman–Crippen LogP) is 8.36. The molecule has 0 unspecified atom stereocenters. The molecule has 0 fully saturated rings. The number of fused-ring (bicyclic) bond motifs is 1. The molecule has 1 atom stereocenters. The molecule has 1 aliphatic heterocycles. The molecule has 0 spiro atoms. The van der Waals surface area contributed by atoms with E-state index in [-0.39, 0.29) is 5.92 Å². The number of nitrogens with zero attached hydrogens (tertiary/aromatic N) is 1. The molecule has 6 rings (SSSR count). The van der Waals surface area contributed by atoms with Gasteiger partial charge in [0, 0.05) is 52.5 Å². The number of allylic oxidation sites excluding steroid dienone is 2. The highest BCUT2D eigenvalue weighted by Gasteiger charge is 2.27. The van der Waals surface area contributed by atoms with Crippen LogP contribution >= 0.6 is 0 Å². The van der Waals surface area contributed by atoms with Gasteiger partial charge in [-0.05, 0) is 42.2 Å². The summed E-state index contributed by atoms with van der Waals surface area (Å²) in [5.74, 6) is 1.75. The Bertz CT molecular complexity index is 1640. The molecule has 0 aliphatic carbocycles. The molecule has 0 saturated heterocycles. The van der Waals surface area contributed by atoms with Gasteiger partial charge in [-0.3, -0.25) is 4.99 Å². The van der Waals surface area contributed by atoms with Crippen molar-refractivity contribution in [3.05, 3.63) is 155 Å². The van der Waals surface area contributed by atoms with Crippen molar-refractivity contribution in [1.82, 2.24) is 4.98 Å². The smallest absolute Gasteiger partial charge is 0.140 e. The number of rotatable bonds is 7. The maximum atomic E-state index is 6.67. The van der Waals surface area contributed by atoms with Crippen molar-refractivity contribution in [2.24, 2.45) is 4.99 Å². The lowest BCUT2D eigenvalue weighted by atomic mass is 9.84. The zero-order chi connectivity index (χ0) is 25.7. The average molecular weight is 495 g/mol. The van der Waals surface area contributed by atoms with Crippen LogP contribution in [0.2, 0.25) is 0 Å². The molecular formula is C35H30N2O. The van der Waals surface area contributed by atoms with Gasteiger partial charge in [-0.25, -0.2) is 0 Å². The molecule has 5 aromatic rings. The van der Waals surface area contributed by atoms with Crippen molar-refractivity contribution < 1.29 is 4.74 Å². The van der Waals surface area contributed by atoms with Gasteiger partial charge in [0.15, 0.2) is 0 Å². The number of H-pyrrole nitrogens is 1. The van der Waals surface area contributed by atoms with Crippen LogP contribution in [0.3, 0.4) is 0 Å². The summed E-state index contributed by atoms with van der Waals surface area (Å²) in [6, 6.07) is 37.7. The standard InChI is InChI=1S/C35H30N2O/c1-25-12-8-9-17-29(25)31-22-34(26-13-4-2-5-14-26)38-35(27-15-6-3-7-16-27)32(31)24-36-21-20-28-23-37-33-19-11-10-18-30(28)33/h2-19,22-24,31,37H,20-21H2,1H3/t31-/m0/s1. The summed E-state index contributed by atoms with van der Waals surface area (Å²) in [5.41, 5.74) is 8.15. The molecule has 186 valence electrons. The van der Waals surface area contributed by atoms with Gasteiger partial charge in [-0.2, -0.15) is 0 Å². The third-order valence-electron chi connectivity index (χ3n) is 7.16. The summed E-state index contributed by atoms with van der Waals surface area (Å²) in [4.78, 5) is 8.32. The topological polar surface area (TPSA) is 37.4 Å². The van der Waals surface area contributed by atoms with Gasteiger partial charge in [-0.15, -0.1) is 0 Å². The number of para-hydroxylation sites is 1. The number of aromatic amines is 1. The normalized spacial score (nSPS) is 15.6. The minimum Gasteiger partial charge on any atom is -0.456 e. The van der Waals surface area contributed by atoms with E-state index >= 15 is 0 Å². The van der Waals surface area contributed by atoms with Crippen LogP contribution < -0.4 is 0 Å². The number of hydrogen-bond acceptors (Lipinski definition) is 2. The maximum absolute atomic E-state index is 6.67. The molecule has 0 radical (unpaired) electrons. The lowest BCUT2D eigenvalue weighted by Crippen LogP contribution is -2.13. The Morgan fingerprint density at radius 2 is 1.47 bits per heavy atom. The molecule has 0 amide bonds. The average Bonchev–Trinajstić information content (AvgIpc) is 3.39. The molecule has 0 saturated carbocycles. The highest BCUT2D eigenvalue weighted by molar-refractivity contribution is 5.95. The van der Waals surface area contributed by atoms with Gasteiger partial charge >= 0.3 is 0 Å². The fraction of sp³-hybridized carbons (Fsp3) is 0.114. The number of nitrogens with one attached hydrogen (secondary N) is 1. The molecule has 1 N–H and O–H groups in total. The van der Waals surface area contributed by atoms with Gasteiger partial charge in [0.25, 0.3) is 0 Å². The number of benzene rings is 4. The summed E-state index contributed by atoms with van der Waals surface area (Å²) in [6.07, 6.45) is 7.25. The highest BCUT2D eigenvalue weighted by Crippen LogP contribution is 2.41. The molecule has 1 aromatic heterocycles. The highest BCUT2D eigenvalue weighted by atomic mass is 16.5. The zero-order valence-electron chi connectivity index (χ0n) is 21.5. The van der Waals surface area contributed by atoms with Crippen LogP contribution in [0.25, 0.3) is 22.4 Å². The van der Waals surface area contributed by atoms with E-state index in [9.17, 15) is 0 Å². The van der Waals surface area contributed by atoms with Crippen molar-refractivity contribution >= 4 is 28.6 Å². The molecule has 38 heavy (non-hydrogen) atoms. The van der Waals surface area contributed by atoms with Crippen molar-refractivity contribution in [2.75, 3.05) is 6.54 Å². The number of aryl methyl sites for hydroxylation is 1. The fourth-order valence-corrected chi connectivity index (χ4v) is 5.18. The van der Waals surface area contributed by atoms with E-state index in [2.05, 4.69) is 121 Å². The van der Waals surface area contributed by atoms with E-state index in [4.69, 9.17) is 9.73 Å². The van der Waals surface area contributed by atoms with Crippen LogP contribution in [0.1, 0.15) is 33.7 Å². The second-order valence-electron chi connectivity index (χ2n) is 9.63. The summed E-state index contributed by atoms with van der Waals surface area (Å²) >= 11 is 0. The van der Waals surface area contributed by atoms with Gasteiger partial charge in [0.05, 0.1) is 0 Å². The molecule has 3 heteroatoms. The lowest BCUT2D eigenvalue weighted by Gasteiger charge is -2.28. The van der Waals surface area contributed by atoms with Crippen LogP contribution in [0.4, 0.5) is 0 Å². The number of hydrogen-bond donors (Lipinski definition) is 1. The minimum atomic E-state index is 0.0206. The van der Waals surface area contributed by atoms with Crippen LogP contribution in [-0.4, -0.2) is 17.7 Å². The molecule has 1 aliphatic rings. The number of aliphatic imine (C=N–C) groups is 1. The largest absolute Gasteiger partial charge is 0.456 e. The summed E-state index contributed by atoms with van der Waals surface area (Å²) in [7, 11) is 0. The third-order valence-corrected chi connectivity index (χ3v) is 7.16. The SMILES string of the molecule is Cc1ccccc1[C@@H]1C=C(c2ccccc2)OC(c2ccccc2)=C1C=NCCc1c[nH]c2ccccc12. The Morgan fingerprint density at radius 1 is 0.789 bits per heavy atom. The van der Waals surface area contributed by atoms with Crippen molar-refractivity contribution in [1.29, 1.82) is 0 Å².